The fourth-order valence-corrected chi connectivity index (χ4v) is 5.82. The first-order chi connectivity index (χ1) is 15.9. The van der Waals surface area contributed by atoms with Crippen LogP contribution in [-0.2, 0) is 11.2 Å². The van der Waals surface area contributed by atoms with Gasteiger partial charge in [-0.15, -0.1) is 5.10 Å². The van der Waals surface area contributed by atoms with Crippen LogP contribution in [0.4, 0.5) is 10.9 Å². The highest BCUT2D eigenvalue weighted by Gasteiger charge is 2.43. The van der Waals surface area contributed by atoms with Crippen molar-refractivity contribution in [3.05, 3.63) is 36.0 Å². The number of aromatic nitrogens is 4. The van der Waals surface area contributed by atoms with E-state index < -0.39 is 11.2 Å². The third-order valence-electron chi connectivity index (χ3n) is 6.17. The molecule has 2 saturated heterocycles. The number of hydrogen-bond acceptors (Lipinski definition) is 9. The summed E-state index contributed by atoms with van der Waals surface area (Å²) in [6, 6.07) is 9.92. The van der Waals surface area contributed by atoms with E-state index >= 15 is 0 Å². The third-order valence-corrected chi connectivity index (χ3v) is 8.03. The first kappa shape index (κ1) is 22.5. The van der Waals surface area contributed by atoms with Gasteiger partial charge >= 0.3 is 6.01 Å². The van der Waals surface area contributed by atoms with Crippen LogP contribution in [0, 0.1) is 18.8 Å². The molecule has 3 aromatic rings. The molecule has 0 amide bonds. The Kier molecular flexibility index (Phi) is 6.21. The second kappa shape index (κ2) is 9.13. The lowest BCUT2D eigenvalue weighted by molar-refractivity contribution is 0.375. The minimum Gasteiger partial charge on any atom is -0.612 e. The quantitative estimate of drug-likeness (QED) is 0.490. The SMILES string of the molecule is Cc1cc(N2CC3CN[C@@H](Nc4nc(Oc5cccc([S+](C)[O-])c5)n(C(C)C)n4)[C@@H]3C2)sn1. The van der Waals surface area contributed by atoms with E-state index in [0.717, 1.165) is 25.3 Å². The maximum Gasteiger partial charge on any atom is 0.322 e. The molecule has 2 aliphatic heterocycles. The number of nitrogens with one attached hydrogen (secondary N) is 2. The first-order valence-corrected chi connectivity index (χ1v) is 13.5. The van der Waals surface area contributed by atoms with E-state index in [4.69, 9.17) is 4.74 Å². The lowest BCUT2D eigenvalue weighted by Crippen LogP contribution is -2.38. The molecule has 4 heterocycles. The van der Waals surface area contributed by atoms with Gasteiger partial charge in [0.2, 0.25) is 5.95 Å². The van der Waals surface area contributed by atoms with Crippen LogP contribution in [-0.4, -0.2) is 55.7 Å². The maximum atomic E-state index is 11.8. The summed E-state index contributed by atoms with van der Waals surface area (Å²) in [5.74, 6) is 2.16. The van der Waals surface area contributed by atoms with Crippen LogP contribution in [0.25, 0.3) is 0 Å². The molecule has 0 aliphatic carbocycles. The molecule has 0 saturated carbocycles. The molecule has 9 nitrogen and oxygen atoms in total. The van der Waals surface area contributed by atoms with Crippen LogP contribution >= 0.6 is 11.5 Å². The molecule has 33 heavy (non-hydrogen) atoms. The zero-order valence-corrected chi connectivity index (χ0v) is 20.8. The number of benzene rings is 1. The Morgan fingerprint density at radius 2 is 2.15 bits per heavy atom. The van der Waals surface area contributed by atoms with E-state index in [1.807, 2.05) is 39.0 Å². The summed E-state index contributed by atoms with van der Waals surface area (Å²) in [5, 5.41) is 13.0. The number of fused-ring (bicyclic) bond motifs is 1. The third kappa shape index (κ3) is 4.68. The fraction of sp³-hybridized carbons (Fsp3) is 0.500. The van der Waals surface area contributed by atoms with Gasteiger partial charge in [-0.25, -0.2) is 4.68 Å². The van der Waals surface area contributed by atoms with Crippen molar-refractivity contribution < 1.29 is 9.29 Å². The highest BCUT2D eigenvalue weighted by molar-refractivity contribution is 7.90. The summed E-state index contributed by atoms with van der Waals surface area (Å²) >= 11 is 0.496. The average Bonchev–Trinajstić information content (AvgIpc) is 3.54. The largest absolute Gasteiger partial charge is 0.612 e. The predicted octanol–water partition coefficient (Wildman–Crippen LogP) is 3.25. The van der Waals surface area contributed by atoms with Gasteiger partial charge < -0.3 is 19.5 Å². The van der Waals surface area contributed by atoms with Crippen molar-refractivity contribution in [1.29, 1.82) is 0 Å². The van der Waals surface area contributed by atoms with Crippen molar-refractivity contribution in [3.8, 4) is 11.8 Å². The normalized spacial score (nSPS) is 23.2. The molecular formula is C22H29N7O2S2. The Hall–Kier alpha value is -2.34. The second-order valence-electron chi connectivity index (χ2n) is 8.95. The van der Waals surface area contributed by atoms with Crippen LogP contribution in [0.2, 0.25) is 0 Å². The van der Waals surface area contributed by atoms with Crippen molar-refractivity contribution in [2.75, 3.05) is 36.1 Å². The van der Waals surface area contributed by atoms with Gasteiger partial charge in [0.1, 0.15) is 17.0 Å². The number of aryl methyl sites for hydroxylation is 1. The summed E-state index contributed by atoms with van der Waals surface area (Å²) in [6.45, 7) is 9.10. The number of anilines is 2. The smallest absolute Gasteiger partial charge is 0.322 e. The van der Waals surface area contributed by atoms with E-state index in [1.165, 1.54) is 5.00 Å². The molecule has 2 aliphatic rings. The standard InChI is InChI=1S/C22H29N7O2S2/c1-13(2)29-22(31-16-6-5-7-17(9-16)33(4)30)25-21(26-29)24-20-18-12-28(11-15(18)10-23-20)19-8-14(3)27-32-19/h5-9,13,15,18,20,23H,10-12H2,1-4H3,(H,24,26)/t15?,18-,20+,33?/m1/s1. The Bertz CT molecular complexity index is 1120. The highest BCUT2D eigenvalue weighted by Crippen LogP contribution is 2.36. The van der Waals surface area contributed by atoms with E-state index in [2.05, 4.69) is 36.1 Å². The van der Waals surface area contributed by atoms with Gasteiger partial charge in [-0.05, 0) is 67.6 Å². The molecule has 0 spiro atoms. The zero-order chi connectivity index (χ0) is 23.1. The number of rotatable bonds is 7. The molecule has 176 valence electrons. The van der Waals surface area contributed by atoms with Crippen LogP contribution in [0.5, 0.6) is 11.8 Å². The fourth-order valence-electron chi connectivity index (χ4n) is 4.49. The number of ether oxygens (including phenoxy) is 1. The lowest BCUT2D eigenvalue weighted by atomic mass is 9.98. The summed E-state index contributed by atoms with van der Waals surface area (Å²) in [4.78, 5) is 7.79. The van der Waals surface area contributed by atoms with Gasteiger partial charge in [-0.2, -0.15) is 9.36 Å². The second-order valence-corrected chi connectivity index (χ2v) is 11.1. The summed E-state index contributed by atoms with van der Waals surface area (Å²) in [6.07, 6.45) is 1.75. The molecule has 0 radical (unpaired) electrons. The van der Waals surface area contributed by atoms with Crippen LogP contribution in [0.15, 0.2) is 35.2 Å². The van der Waals surface area contributed by atoms with Crippen molar-refractivity contribution in [2.45, 2.75) is 37.9 Å². The van der Waals surface area contributed by atoms with E-state index in [9.17, 15) is 4.55 Å². The van der Waals surface area contributed by atoms with Gasteiger partial charge in [0.25, 0.3) is 0 Å². The zero-order valence-electron chi connectivity index (χ0n) is 19.2. The first-order valence-electron chi connectivity index (χ1n) is 11.1. The molecule has 1 aromatic carbocycles. The molecule has 2 fully saturated rings. The highest BCUT2D eigenvalue weighted by atomic mass is 32.2. The minimum atomic E-state index is -1.08. The van der Waals surface area contributed by atoms with Gasteiger partial charge in [0.05, 0.1) is 17.9 Å². The Labute approximate surface area is 200 Å². The summed E-state index contributed by atoms with van der Waals surface area (Å²) < 4.78 is 24.1. The van der Waals surface area contributed by atoms with Crippen molar-refractivity contribution in [2.24, 2.45) is 11.8 Å². The molecule has 2 unspecified atom stereocenters. The van der Waals surface area contributed by atoms with E-state index in [-0.39, 0.29) is 12.2 Å². The van der Waals surface area contributed by atoms with Crippen LogP contribution in [0.3, 0.4) is 0 Å². The molecule has 0 bridgehead atoms. The van der Waals surface area contributed by atoms with Crippen molar-refractivity contribution in [3.63, 3.8) is 0 Å². The summed E-state index contributed by atoms with van der Waals surface area (Å²) in [5.41, 5.74) is 1.08. The minimum absolute atomic E-state index is 0.0763. The maximum absolute atomic E-state index is 11.8. The van der Waals surface area contributed by atoms with Gasteiger partial charge in [0, 0.05) is 31.6 Å². The van der Waals surface area contributed by atoms with Crippen LogP contribution < -0.4 is 20.3 Å². The molecule has 11 heteroatoms. The van der Waals surface area contributed by atoms with Gasteiger partial charge in [-0.1, -0.05) is 6.07 Å². The van der Waals surface area contributed by atoms with E-state index in [1.54, 1.807) is 28.5 Å². The number of nitrogens with zero attached hydrogens (tertiary/aromatic N) is 5. The lowest BCUT2D eigenvalue weighted by Gasteiger charge is -2.21. The Balaban J connectivity index is 1.31. The molecular weight excluding hydrogens is 458 g/mol. The molecule has 2 N–H and O–H groups in total. The Morgan fingerprint density at radius 1 is 1.30 bits per heavy atom. The van der Waals surface area contributed by atoms with E-state index in [0.29, 0.717) is 34.4 Å². The predicted molar refractivity (Wildman–Crippen MR) is 131 cm³/mol. The van der Waals surface area contributed by atoms with Gasteiger partial charge in [0.15, 0.2) is 4.90 Å². The molecule has 5 rings (SSSR count). The van der Waals surface area contributed by atoms with Crippen LogP contribution in [0.1, 0.15) is 25.6 Å². The summed E-state index contributed by atoms with van der Waals surface area (Å²) in [7, 11) is 0. The average molecular weight is 488 g/mol. The molecule has 4 atom stereocenters. The van der Waals surface area contributed by atoms with Gasteiger partial charge in [-0.3, -0.25) is 5.32 Å². The topological polar surface area (TPSA) is 103 Å². The van der Waals surface area contributed by atoms with Crippen molar-refractivity contribution in [1.82, 2.24) is 24.5 Å². The molecule has 2 aromatic heterocycles. The van der Waals surface area contributed by atoms with Crippen molar-refractivity contribution >= 4 is 33.7 Å². The monoisotopic (exact) mass is 487 g/mol. The Morgan fingerprint density at radius 3 is 2.88 bits per heavy atom. The number of hydrogen-bond donors (Lipinski definition) is 2.